The Morgan fingerprint density at radius 3 is 2.83 bits per heavy atom. The second-order valence-corrected chi connectivity index (χ2v) is 3.56. The minimum atomic E-state index is -0.0799. The Kier molecular flexibility index (Phi) is 3.53. The van der Waals surface area contributed by atoms with Crippen LogP contribution in [0.5, 0.6) is 0 Å². The van der Waals surface area contributed by atoms with Crippen LogP contribution >= 0.6 is 0 Å². The van der Waals surface area contributed by atoms with Crippen LogP contribution in [0.3, 0.4) is 0 Å². The molecule has 12 heavy (non-hydrogen) atoms. The summed E-state index contributed by atoms with van der Waals surface area (Å²) in [5, 5.41) is 3.20. The molecule has 0 spiro atoms. The molecular weight excluding hydrogens is 154 g/mol. The summed E-state index contributed by atoms with van der Waals surface area (Å²) in [4.78, 5) is 11.2. The average Bonchev–Trinajstić information content (AvgIpc) is 2.06. The molecule has 0 bridgehead atoms. The molecule has 1 atom stereocenters. The maximum absolute atomic E-state index is 11.2. The number of rotatable bonds is 2. The standard InChI is InChI=1S/C9H17NO2/c1-7(2)9(11)12-8-4-3-5-10-6-8/h7-8,10H,3-6H2,1-2H3/t8-/m0/s1. The summed E-state index contributed by atoms with van der Waals surface area (Å²) in [6.07, 6.45) is 2.22. The van der Waals surface area contributed by atoms with Gasteiger partial charge in [0.25, 0.3) is 0 Å². The van der Waals surface area contributed by atoms with E-state index < -0.39 is 0 Å². The normalized spacial score (nSPS) is 24.1. The zero-order valence-electron chi connectivity index (χ0n) is 7.80. The Morgan fingerprint density at radius 1 is 1.58 bits per heavy atom. The third-order valence-electron chi connectivity index (χ3n) is 2.01. The quantitative estimate of drug-likeness (QED) is 0.628. The minimum Gasteiger partial charge on any atom is -0.461 e. The fraction of sp³-hybridized carbons (Fsp3) is 0.889. The lowest BCUT2D eigenvalue weighted by Crippen LogP contribution is -2.37. The molecule has 0 aromatic carbocycles. The van der Waals surface area contributed by atoms with Gasteiger partial charge >= 0.3 is 5.97 Å². The fourth-order valence-corrected chi connectivity index (χ4v) is 1.22. The van der Waals surface area contributed by atoms with E-state index in [1.807, 2.05) is 13.8 Å². The SMILES string of the molecule is CC(C)C(=O)O[C@H]1CCCNC1. The molecule has 1 heterocycles. The van der Waals surface area contributed by atoms with Crippen LogP contribution in [0.2, 0.25) is 0 Å². The lowest BCUT2D eigenvalue weighted by Gasteiger charge is -2.23. The van der Waals surface area contributed by atoms with E-state index in [2.05, 4.69) is 5.32 Å². The number of carbonyl (C=O) groups is 1. The molecule has 1 N–H and O–H groups in total. The van der Waals surface area contributed by atoms with Crippen molar-refractivity contribution >= 4 is 5.97 Å². The van der Waals surface area contributed by atoms with Gasteiger partial charge in [-0.2, -0.15) is 0 Å². The van der Waals surface area contributed by atoms with Gasteiger partial charge in [0.1, 0.15) is 6.10 Å². The van der Waals surface area contributed by atoms with Crippen LogP contribution in [-0.4, -0.2) is 25.2 Å². The number of ether oxygens (including phenoxy) is 1. The van der Waals surface area contributed by atoms with Gasteiger partial charge in [0.15, 0.2) is 0 Å². The van der Waals surface area contributed by atoms with Crippen LogP contribution in [0.1, 0.15) is 26.7 Å². The molecule has 1 rings (SSSR count). The molecular formula is C9H17NO2. The van der Waals surface area contributed by atoms with Crippen molar-refractivity contribution < 1.29 is 9.53 Å². The van der Waals surface area contributed by atoms with Crippen LogP contribution in [-0.2, 0) is 9.53 Å². The van der Waals surface area contributed by atoms with Gasteiger partial charge in [0.05, 0.1) is 5.92 Å². The van der Waals surface area contributed by atoms with E-state index in [9.17, 15) is 4.79 Å². The van der Waals surface area contributed by atoms with Crippen molar-refractivity contribution in [2.45, 2.75) is 32.8 Å². The Hall–Kier alpha value is -0.570. The number of hydrogen-bond acceptors (Lipinski definition) is 3. The van der Waals surface area contributed by atoms with Crippen molar-refractivity contribution in [3.8, 4) is 0 Å². The summed E-state index contributed by atoms with van der Waals surface area (Å²) in [5.41, 5.74) is 0. The van der Waals surface area contributed by atoms with Crippen molar-refractivity contribution in [1.82, 2.24) is 5.32 Å². The molecule has 0 aliphatic carbocycles. The first kappa shape index (κ1) is 9.52. The van der Waals surface area contributed by atoms with E-state index in [1.54, 1.807) is 0 Å². The van der Waals surface area contributed by atoms with E-state index in [0.29, 0.717) is 0 Å². The molecule has 70 valence electrons. The zero-order chi connectivity index (χ0) is 8.97. The Balaban J connectivity index is 2.24. The lowest BCUT2D eigenvalue weighted by atomic mass is 10.1. The second kappa shape index (κ2) is 4.45. The van der Waals surface area contributed by atoms with Gasteiger partial charge < -0.3 is 10.1 Å². The molecule has 1 fully saturated rings. The molecule has 1 aliphatic rings. The summed E-state index contributed by atoms with van der Waals surface area (Å²) in [6.45, 7) is 5.59. The topological polar surface area (TPSA) is 38.3 Å². The molecule has 3 nitrogen and oxygen atoms in total. The van der Waals surface area contributed by atoms with E-state index in [0.717, 1.165) is 25.9 Å². The molecule has 0 aromatic heterocycles. The Labute approximate surface area is 73.5 Å². The van der Waals surface area contributed by atoms with Crippen molar-refractivity contribution in [1.29, 1.82) is 0 Å². The molecule has 0 amide bonds. The first-order chi connectivity index (χ1) is 5.70. The summed E-state index contributed by atoms with van der Waals surface area (Å²) < 4.78 is 5.25. The third-order valence-corrected chi connectivity index (χ3v) is 2.01. The van der Waals surface area contributed by atoms with Crippen LogP contribution in [0.25, 0.3) is 0 Å². The maximum Gasteiger partial charge on any atom is 0.308 e. The monoisotopic (exact) mass is 171 g/mol. The highest BCUT2D eigenvalue weighted by Crippen LogP contribution is 2.08. The summed E-state index contributed by atoms with van der Waals surface area (Å²) in [5.74, 6) is -0.0874. The van der Waals surface area contributed by atoms with Gasteiger partial charge in [0.2, 0.25) is 0 Å². The van der Waals surface area contributed by atoms with Gasteiger partial charge in [-0.15, -0.1) is 0 Å². The largest absolute Gasteiger partial charge is 0.461 e. The van der Waals surface area contributed by atoms with Crippen LogP contribution in [0.15, 0.2) is 0 Å². The average molecular weight is 171 g/mol. The highest BCUT2D eigenvalue weighted by molar-refractivity contribution is 5.71. The predicted molar refractivity (Wildman–Crippen MR) is 46.8 cm³/mol. The van der Waals surface area contributed by atoms with Gasteiger partial charge in [-0.05, 0) is 19.4 Å². The molecule has 3 heteroatoms. The third kappa shape index (κ3) is 2.81. The zero-order valence-corrected chi connectivity index (χ0v) is 7.80. The van der Waals surface area contributed by atoms with Crippen LogP contribution < -0.4 is 5.32 Å². The van der Waals surface area contributed by atoms with E-state index in [1.165, 1.54) is 0 Å². The Bertz CT molecular complexity index is 151. The molecule has 0 unspecified atom stereocenters. The van der Waals surface area contributed by atoms with E-state index in [4.69, 9.17) is 4.74 Å². The van der Waals surface area contributed by atoms with Crippen molar-refractivity contribution in [3.05, 3.63) is 0 Å². The molecule has 1 saturated heterocycles. The molecule has 0 aromatic rings. The number of piperidine rings is 1. The van der Waals surface area contributed by atoms with Gasteiger partial charge in [0, 0.05) is 6.54 Å². The summed E-state index contributed by atoms with van der Waals surface area (Å²) >= 11 is 0. The number of nitrogens with one attached hydrogen (secondary N) is 1. The predicted octanol–water partition coefficient (Wildman–Crippen LogP) is 0.938. The van der Waals surface area contributed by atoms with E-state index in [-0.39, 0.29) is 18.0 Å². The van der Waals surface area contributed by atoms with Gasteiger partial charge in [-0.3, -0.25) is 4.79 Å². The van der Waals surface area contributed by atoms with Gasteiger partial charge in [-0.25, -0.2) is 0 Å². The summed E-state index contributed by atoms with van der Waals surface area (Å²) in [7, 11) is 0. The first-order valence-electron chi connectivity index (χ1n) is 4.61. The summed E-state index contributed by atoms with van der Waals surface area (Å²) in [6, 6.07) is 0. The highest BCUT2D eigenvalue weighted by atomic mass is 16.5. The van der Waals surface area contributed by atoms with Gasteiger partial charge in [-0.1, -0.05) is 13.8 Å². The fourth-order valence-electron chi connectivity index (χ4n) is 1.22. The van der Waals surface area contributed by atoms with E-state index >= 15 is 0 Å². The number of carbonyl (C=O) groups excluding carboxylic acids is 1. The lowest BCUT2D eigenvalue weighted by molar-refractivity contribution is -0.153. The van der Waals surface area contributed by atoms with Crippen molar-refractivity contribution in [3.63, 3.8) is 0 Å². The molecule has 0 saturated carbocycles. The van der Waals surface area contributed by atoms with Crippen molar-refractivity contribution in [2.24, 2.45) is 5.92 Å². The van der Waals surface area contributed by atoms with Crippen LogP contribution in [0.4, 0.5) is 0 Å². The Morgan fingerprint density at radius 2 is 2.33 bits per heavy atom. The van der Waals surface area contributed by atoms with Crippen LogP contribution in [0, 0.1) is 5.92 Å². The molecule has 1 aliphatic heterocycles. The molecule has 0 radical (unpaired) electrons. The second-order valence-electron chi connectivity index (χ2n) is 3.56. The number of hydrogen-bond donors (Lipinski definition) is 1. The van der Waals surface area contributed by atoms with Crippen molar-refractivity contribution in [2.75, 3.05) is 13.1 Å². The highest BCUT2D eigenvalue weighted by Gasteiger charge is 2.18. The maximum atomic E-state index is 11.2. The smallest absolute Gasteiger partial charge is 0.308 e. The first-order valence-corrected chi connectivity index (χ1v) is 4.61. The number of esters is 1. The minimum absolute atomic E-state index is 0.00748.